The molecule has 0 unspecified atom stereocenters. The van der Waals surface area contributed by atoms with Crippen molar-refractivity contribution in [3.05, 3.63) is 24.3 Å². The lowest BCUT2D eigenvalue weighted by Crippen LogP contribution is -2.14. The third kappa shape index (κ3) is 10.1. The summed E-state index contributed by atoms with van der Waals surface area (Å²) in [7, 11) is 0. The zero-order chi connectivity index (χ0) is 14.7. The van der Waals surface area contributed by atoms with E-state index in [-0.39, 0.29) is 24.6 Å². The fourth-order valence-electron chi connectivity index (χ4n) is 1.49. The highest BCUT2D eigenvalue weighted by Gasteiger charge is 2.08. The number of carbonyl (C=O) groups is 2. The SMILES string of the molecule is C=CCOC(=O)CC/C(C)=C/C[C@@H](CC)OC(C)=O. The normalized spacial score (nSPS) is 12.7. The molecule has 0 spiro atoms. The van der Waals surface area contributed by atoms with Crippen LogP contribution in [0.15, 0.2) is 24.3 Å². The van der Waals surface area contributed by atoms with E-state index in [1.54, 1.807) is 6.08 Å². The average Bonchev–Trinajstić information content (AvgIpc) is 2.38. The molecule has 0 fully saturated rings. The van der Waals surface area contributed by atoms with Crippen LogP contribution in [0.5, 0.6) is 0 Å². The van der Waals surface area contributed by atoms with Crippen molar-refractivity contribution in [3.63, 3.8) is 0 Å². The maximum Gasteiger partial charge on any atom is 0.306 e. The Morgan fingerprint density at radius 1 is 1.26 bits per heavy atom. The summed E-state index contributed by atoms with van der Waals surface area (Å²) in [5.74, 6) is -0.481. The first-order chi connectivity index (χ1) is 8.99. The van der Waals surface area contributed by atoms with Crippen LogP contribution in [-0.2, 0) is 19.1 Å². The van der Waals surface area contributed by atoms with Crippen molar-refractivity contribution in [2.24, 2.45) is 0 Å². The Morgan fingerprint density at radius 2 is 1.95 bits per heavy atom. The van der Waals surface area contributed by atoms with Crippen molar-refractivity contribution >= 4 is 11.9 Å². The molecule has 0 heterocycles. The molecule has 0 rings (SSSR count). The Balaban J connectivity index is 4.01. The number of carbonyl (C=O) groups excluding carboxylic acids is 2. The zero-order valence-electron chi connectivity index (χ0n) is 12.1. The molecule has 4 heteroatoms. The van der Waals surface area contributed by atoms with Crippen LogP contribution in [0.3, 0.4) is 0 Å². The van der Waals surface area contributed by atoms with Crippen LogP contribution in [0.4, 0.5) is 0 Å². The summed E-state index contributed by atoms with van der Waals surface area (Å²) >= 11 is 0. The largest absolute Gasteiger partial charge is 0.462 e. The predicted octanol–water partition coefficient (Wildman–Crippen LogP) is 3.17. The van der Waals surface area contributed by atoms with E-state index in [4.69, 9.17) is 9.47 Å². The van der Waals surface area contributed by atoms with E-state index in [1.165, 1.54) is 6.92 Å². The predicted molar refractivity (Wildman–Crippen MR) is 74.6 cm³/mol. The van der Waals surface area contributed by atoms with Gasteiger partial charge in [0, 0.05) is 19.8 Å². The van der Waals surface area contributed by atoms with Crippen molar-refractivity contribution < 1.29 is 19.1 Å². The van der Waals surface area contributed by atoms with Gasteiger partial charge < -0.3 is 9.47 Å². The smallest absolute Gasteiger partial charge is 0.306 e. The van der Waals surface area contributed by atoms with Gasteiger partial charge in [-0.15, -0.1) is 0 Å². The van der Waals surface area contributed by atoms with Gasteiger partial charge in [0.15, 0.2) is 0 Å². The Labute approximate surface area is 115 Å². The molecule has 0 aromatic heterocycles. The highest BCUT2D eigenvalue weighted by molar-refractivity contribution is 5.69. The molecule has 0 radical (unpaired) electrons. The lowest BCUT2D eigenvalue weighted by molar-refractivity contribution is -0.146. The quantitative estimate of drug-likeness (QED) is 0.476. The van der Waals surface area contributed by atoms with E-state index in [9.17, 15) is 9.59 Å². The minimum absolute atomic E-state index is 0.0832. The van der Waals surface area contributed by atoms with E-state index in [2.05, 4.69) is 6.58 Å². The first-order valence-electron chi connectivity index (χ1n) is 6.59. The van der Waals surface area contributed by atoms with Crippen LogP contribution in [-0.4, -0.2) is 24.6 Å². The first-order valence-corrected chi connectivity index (χ1v) is 6.59. The number of esters is 2. The van der Waals surface area contributed by atoms with Gasteiger partial charge >= 0.3 is 11.9 Å². The van der Waals surface area contributed by atoms with Crippen LogP contribution in [0.25, 0.3) is 0 Å². The topological polar surface area (TPSA) is 52.6 Å². The van der Waals surface area contributed by atoms with Crippen LogP contribution < -0.4 is 0 Å². The van der Waals surface area contributed by atoms with E-state index in [0.29, 0.717) is 19.3 Å². The molecule has 0 N–H and O–H groups in total. The monoisotopic (exact) mass is 268 g/mol. The minimum atomic E-state index is -0.258. The van der Waals surface area contributed by atoms with E-state index < -0.39 is 0 Å². The highest BCUT2D eigenvalue weighted by Crippen LogP contribution is 2.11. The molecular weight excluding hydrogens is 244 g/mol. The molecule has 0 amide bonds. The summed E-state index contributed by atoms with van der Waals surface area (Å²) in [4.78, 5) is 22.1. The lowest BCUT2D eigenvalue weighted by atomic mass is 10.1. The van der Waals surface area contributed by atoms with Gasteiger partial charge in [-0.25, -0.2) is 0 Å². The summed E-state index contributed by atoms with van der Waals surface area (Å²) in [6.07, 6.45) is 5.96. The molecule has 0 saturated heterocycles. The number of hydrogen-bond acceptors (Lipinski definition) is 4. The zero-order valence-corrected chi connectivity index (χ0v) is 12.1. The Kier molecular flexibility index (Phi) is 9.49. The van der Waals surface area contributed by atoms with E-state index in [1.807, 2.05) is 19.9 Å². The molecule has 4 nitrogen and oxygen atoms in total. The van der Waals surface area contributed by atoms with Gasteiger partial charge in [-0.2, -0.15) is 0 Å². The molecular formula is C15H24O4. The molecule has 108 valence electrons. The molecule has 0 aliphatic heterocycles. The average molecular weight is 268 g/mol. The van der Waals surface area contributed by atoms with Crippen LogP contribution in [0.1, 0.15) is 46.5 Å². The van der Waals surface area contributed by atoms with Gasteiger partial charge in [-0.1, -0.05) is 31.2 Å². The molecule has 1 atom stereocenters. The summed E-state index contributed by atoms with van der Waals surface area (Å²) in [6.45, 7) is 9.08. The standard InChI is InChI=1S/C15H24O4/c1-5-11-18-15(17)10-8-12(3)7-9-14(6-2)19-13(4)16/h5,7,14H,1,6,8-11H2,2-4H3/b12-7+/t14-/m1/s1. The number of hydrogen-bond donors (Lipinski definition) is 0. The van der Waals surface area contributed by atoms with Crippen molar-refractivity contribution in [1.29, 1.82) is 0 Å². The second-order valence-electron chi connectivity index (χ2n) is 4.40. The summed E-state index contributed by atoms with van der Waals surface area (Å²) in [5, 5.41) is 0. The van der Waals surface area contributed by atoms with E-state index >= 15 is 0 Å². The number of rotatable bonds is 9. The van der Waals surface area contributed by atoms with Crippen molar-refractivity contribution in [2.75, 3.05) is 6.61 Å². The van der Waals surface area contributed by atoms with Gasteiger partial charge in [0.25, 0.3) is 0 Å². The Morgan fingerprint density at radius 3 is 2.47 bits per heavy atom. The number of allylic oxidation sites excluding steroid dienone is 1. The van der Waals surface area contributed by atoms with Crippen LogP contribution in [0, 0.1) is 0 Å². The van der Waals surface area contributed by atoms with Crippen LogP contribution >= 0.6 is 0 Å². The summed E-state index contributed by atoms with van der Waals surface area (Å²) in [5.41, 5.74) is 1.10. The van der Waals surface area contributed by atoms with Crippen molar-refractivity contribution in [1.82, 2.24) is 0 Å². The van der Waals surface area contributed by atoms with Crippen molar-refractivity contribution in [3.8, 4) is 0 Å². The van der Waals surface area contributed by atoms with Gasteiger partial charge in [-0.05, 0) is 19.8 Å². The molecule has 0 aliphatic carbocycles. The fraction of sp³-hybridized carbons (Fsp3) is 0.600. The fourth-order valence-corrected chi connectivity index (χ4v) is 1.49. The van der Waals surface area contributed by atoms with E-state index in [0.717, 1.165) is 12.0 Å². The lowest BCUT2D eigenvalue weighted by Gasteiger charge is -2.13. The minimum Gasteiger partial charge on any atom is -0.462 e. The molecule has 19 heavy (non-hydrogen) atoms. The molecule has 0 saturated carbocycles. The first kappa shape index (κ1) is 17.4. The third-order valence-corrected chi connectivity index (χ3v) is 2.60. The molecule has 0 bridgehead atoms. The summed E-state index contributed by atoms with van der Waals surface area (Å²) < 4.78 is 10.0. The second-order valence-corrected chi connectivity index (χ2v) is 4.40. The van der Waals surface area contributed by atoms with Crippen molar-refractivity contribution in [2.45, 2.75) is 52.6 Å². The summed E-state index contributed by atoms with van der Waals surface area (Å²) in [6, 6.07) is 0. The van der Waals surface area contributed by atoms with Gasteiger partial charge in [0.2, 0.25) is 0 Å². The highest BCUT2D eigenvalue weighted by atomic mass is 16.5. The second kappa shape index (κ2) is 10.4. The third-order valence-electron chi connectivity index (χ3n) is 2.60. The number of ether oxygens (including phenoxy) is 2. The Hall–Kier alpha value is -1.58. The molecule has 0 aromatic carbocycles. The molecule has 0 aromatic rings. The van der Waals surface area contributed by atoms with Gasteiger partial charge in [-0.3, -0.25) is 9.59 Å². The maximum absolute atomic E-state index is 11.3. The Bertz CT molecular complexity index is 331. The molecule has 0 aliphatic rings. The maximum atomic E-state index is 11.3. The van der Waals surface area contributed by atoms with Crippen LogP contribution in [0.2, 0.25) is 0 Å². The van der Waals surface area contributed by atoms with Gasteiger partial charge in [0.1, 0.15) is 12.7 Å². The van der Waals surface area contributed by atoms with Gasteiger partial charge in [0.05, 0.1) is 0 Å².